The second-order valence-electron chi connectivity index (χ2n) is 15.7. The molecular weight excluding hydrogens is 743 g/mol. The number of anilines is 1. The number of aromatic amines is 1. The van der Waals surface area contributed by atoms with Crippen molar-refractivity contribution in [3.63, 3.8) is 0 Å². The van der Waals surface area contributed by atoms with Gasteiger partial charge in [-0.25, -0.2) is 14.6 Å². The lowest BCUT2D eigenvalue weighted by molar-refractivity contribution is -0.137. The molecule has 13 nitrogen and oxygen atoms in total. The number of alkyl carbamates (subject to hydrolysis) is 2. The van der Waals surface area contributed by atoms with Crippen LogP contribution in [0.3, 0.4) is 0 Å². The van der Waals surface area contributed by atoms with E-state index in [1.54, 1.807) is 11.3 Å². The number of ether oxygens (including phenoxy) is 2. The summed E-state index contributed by atoms with van der Waals surface area (Å²) >= 11 is 1.68. The van der Waals surface area contributed by atoms with Gasteiger partial charge in [0.25, 0.3) is 0 Å². The van der Waals surface area contributed by atoms with Crippen molar-refractivity contribution in [1.82, 2.24) is 30.4 Å². The zero-order valence-electron chi connectivity index (χ0n) is 34.3. The van der Waals surface area contributed by atoms with Crippen molar-refractivity contribution >= 4 is 51.8 Å². The molecule has 4 aromatic rings. The number of benzene rings is 2. The summed E-state index contributed by atoms with van der Waals surface area (Å²) in [7, 11) is 2.61. The van der Waals surface area contributed by atoms with Gasteiger partial charge in [0.2, 0.25) is 11.8 Å². The van der Waals surface area contributed by atoms with Crippen LogP contribution in [-0.2, 0) is 25.5 Å². The Bertz CT molecular complexity index is 2080. The molecule has 5 atom stereocenters. The number of methoxy groups -OCH3 is 2. The highest BCUT2D eigenvalue weighted by Gasteiger charge is 2.41. The van der Waals surface area contributed by atoms with Gasteiger partial charge in [-0.1, -0.05) is 65.8 Å². The molecule has 5 unspecified atom stereocenters. The summed E-state index contributed by atoms with van der Waals surface area (Å²) in [5.74, 6) is 0.285. The first-order valence-electron chi connectivity index (χ1n) is 20.2. The van der Waals surface area contributed by atoms with E-state index in [0.29, 0.717) is 25.3 Å². The zero-order valence-corrected chi connectivity index (χ0v) is 35.1. The Balaban J connectivity index is 1.18. The Labute approximate surface area is 339 Å². The van der Waals surface area contributed by atoms with Gasteiger partial charge in [-0.15, -0.1) is 11.3 Å². The SMILES string of the molecule is CCCN(C(=O)C(NC(=O)OC)C(C)C)C(CC)c1ncc(-c2ccc(-c3ccc4c5c(ccc4c3)CC(C3CCCN3C(=O)C(NC(=O)OC)C(C)C)N5)s2)[nH]1. The molecule has 2 aromatic heterocycles. The summed E-state index contributed by atoms with van der Waals surface area (Å²) in [6.45, 7) is 12.9. The molecule has 0 bridgehead atoms. The van der Waals surface area contributed by atoms with Crippen molar-refractivity contribution in [2.45, 2.75) is 104 Å². The molecule has 0 aliphatic carbocycles. The summed E-state index contributed by atoms with van der Waals surface area (Å²) in [4.78, 5) is 66.0. The molecule has 4 N–H and O–H groups in total. The first kappa shape index (κ1) is 41.5. The van der Waals surface area contributed by atoms with E-state index in [9.17, 15) is 19.2 Å². The molecule has 4 heterocycles. The minimum Gasteiger partial charge on any atom is -0.453 e. The van der Waals surface area contributed by atoms with Gasteiger partial charge in [-0.3, -0.25) is 9.59 Å². The number of rotatable bonds is 14. The van der Waals surface area contributed by atoms with E-state index in [1.165, 1.54) is 19.8 Å². The molecule has 2 aliphatic rings. The summed E-state index contributed by atoms with van der Waals surface area (Å²) in [6.07, 6.45) is 4.67. The normalized spacial score (nSPS) is 17.9. The Morgan fingerprint density at radius 3 is 2.32 bits per heavy atom. The summed E-state index contributed by atoms with van der Waals surface area (Å²) in [6, 6.07) is 13.6. The van der Waals surface area contributed by atoms with Crippen LogP contribution in [0.2, 0.25) is 0 Å². The van der Waals surface area contributed by atoms with Gasteiger partial charge < -0.3 is 40.2 Å². The Morgan fingerprint density at radius 1 is 0.947 bits per heavy atom. The van der Waals surface area contributed by atoms with Crippen molar-refractivity contribution < 1.29 is 28.7 Å². The number of carbonyl (C=O) groups is 4. The highest BCUT2D eigenvalue weighted by Crippen LogP contribution is 2.41. The minimum absolute atomic E-state index is 0.0239. The second kappa shape index (κ2) is 18.0. The van der Waals surface area contributed by atoms with Crippen LogP contribution in [-0.4, -0.2) is 95.2 Å². The fourth-order valence-corrected chi connectivity index (χ4v) is 9.27. The largest absolute Gasteiger partial charge is 0.453 e. The number of nitrogens with one attached hydrogen (secondary N) is 4. The molecule has 57 heavy (non-hydrogen) atoms. The van der Waals surface area contributed by atoms with Crippen LogP contribution in [0.4, 0.5) is 15.3 Å². The number of hydrogen-bond acceptors (Lipinski definition) is 9. The van der Waals surface area contributed by atoms with E-state index in [0.717, 1.165) is 63.2 Å². The maximum Gasteiger partial charge on any atom is 0.407 e. The molecule has 2 aromatic carbocycles. The van der Waals surface area contributed by atoms with Crippen LogP contribution in [0.15, 0.2) is 48.7 Å². The maximum atomic E-state index is 13.9. The number of likely N-dealkylation sites (tertiary alicyclic amines) is 1. The maximum absolute atomic E-state index is 13.9. The number of amides is 4. The van der Waals surface area contributed by atoms with Gasteiger partial charge in [0.05, 0.1) is 49.1 Å². The Kier molecular flexibility index (Phi) is 13.1. The Morgan fingerprint density at radius 2 is 1.65 bits per heavy atom. The molecule has 0 saturated carbocycles. The van der Waals surface area contributed by atoms with Gasteiger partial charge in [-0.05, 0) is 78.7 Å². The minimum atomic E-state index is -0.721. The smallest absolute Gasteiger partial charge is 0.407 e. The first-order chi connectivity index (χ1) is 27.4. The fraction of sp³-hybridized carbons (Fsp3) is 0.512. The predicted molar refractivity (Wildman–Crippen MR) is 224 cm³/mol. The van der Waals surface area contributed by atoms with Gasteiger partial charge in [-0.2, -0.15) is 0 Å². The average Bonchev–Trinajstić information content (AvgIpc) is 4.04. The van der Waals surface area contributed by atoms with Crippen LogP contribution in [0.25, 0.3) is 31.8 Å². The van der Waals surface area contributed by atoms with Crippen molar-refractivity contribution in [1.29, 1.82) is 0 Å². The van der Waals surface area contributed by atoms with E-state index in [-0.39, 0.29) is 41.8 Å². The van der Waals surface area contributed by atoms with Crippen molar-refractivity contribution in [2.24, 2.45) is 11.8 Å². The molecule has 0 spiro atoms. The van der Waals surface area contributed by atoms with Crippen LogP contribution in [0.5, 0.6) is 0 Å². The molecule has 4 amide bonds. The van der Waals surface area contributed by atoms with Gasteiger partial charge >= 0.3 is 12.2 Å². The van der Waals surface area contributed by atoms with Gasteiger partial charge in [0, 0.05) is 29.0 Å². The zero-order chi connectivity index (χ0) is 41.0. The van der Waals surface area contributed by atoms with Crippen molar-refractivity contribution in [3.05, 3.63) is 60.0 Å². The third kappa shape index (κ3) is 8.75. The molecule has 1 fully saturated rings. The number of thiophene rings is 1. The highest BCUT2D eigenvalue weighted by atomic mass is 32.1. The predicted octanol–water partition coefficient (Wildman–Crippen LogP) is 7.74. The van der Waals surface area contributed by atoms with E-state index in [1.807, 2.05) is 57.5 Å². The number of carbonyl (C=O) groups excluding carboxylic acids is 4. The topological polar surface area (TPSA) is 158 Å². The Hall–Kier alpha value is -5.11. The van der Waals surface area contributed by atoms with Crippen LogP contribution >= 0.6 is 11.3 Å². The van der Waals surface area contributed by atoms with E-state index in [2.05, 4.69) is 63.4 Å². The van der Waals surface area contributed by atoms with Crippen LogP contribution in [0, 0.1) is 11.8 Å². The van der Waals surface area contributed by atoms with Crippen molar-refractivity contribution in [2.75, 3.05) is 32.6 Å². The van der Waals surface area contributed by atoms with E-state index >= 15 is 0 Å². The molecule has 2 aliphatic heterocycles. The van der Waals surface area contributed by atoms with Crippen LogP contribution in [0.1, 0.15) is 84.7 Å². The fourth-order valence-electron chi connectivity index (χ4n) is 8.31. The molecule has 306 valence electrons. The standard InChI is InChI=1S/C43H57N7O6S/c1-9-19-49(40(51)36(24(3)4)47-42(53)55-7)32(10-2)39-44-23-31(46-39)35-18-17-34(57-35)27-15-16-29-26(21-27)13-14-28-22-30(45-38(28)29)33-12-11-20-50(33)41(52)37(25(5)6)48-43(54)56-8/h13-18,21,23-25,30,32-33,36-37,45H,9-12,19-20,22H2,1-8H3,(H,44,46)(H,47,53)(H,48,54). The highest BCUT2D eigenvalue weighted by molar-refractivity contribution is 7.18. The number of hydrogen-bond donors (Lipinski definition) is 4. The number of H-pyrrole nitrogens is 1. The summed E-state index contributed by atoms with van der Waals surface area (Å²) in [5.41, 5.74) is 4.36. The summed E-state index contributed by atoms with van der Waals surface area (Å²) < 4.78 is 9.61. The first-order valence-corrected chi connectivity index (χ1v) is 21.0. The third-order valence-corrected chi connectivity index (χ3v) is 12.5. The molecule has 1 saturated heterocycles. The molecule has 6 rings (SSSR count). The average molecular weight is 800 g/mol. The lowest BCUT2D eigenvalue weighted by atomic mass is 9.98. The molecular formula is C43H57N7O6S. The van der Waals surface area contributed by atoms with Gasteiger partial charge in [0.1, 0.15) is 17.9 Å². The summed E-state index contributed by atoms with van der Waals surface area (Å²) in [5, 5.41) is 11.6. The number of imidazole rings is 1. The number of aromatic nitrogens is 2. The third-order valence-electron chi connectivity index (χ3n) is 11.3. The molecule has 0 radical (unpaired) electrons. The van der Waals surface area contributed by atoms with E-state index < -0.39 is 24.3 Å². The monoisotopic (exact) mass is 799 g/mol. The number of nitrogens with zero attached hydrogens (tertiary/aromatic N) is 3. The lowest BCUT2D eigenvalue weighted by Crippen LogP contribution is -2.55. The lowest BCUT2D eigenvalue weighted by Gasteiger charge is -2.34. The van der Waals surface area contributed by atoms with E-state index in [4.69, 9.17) is 14.5 Å². The van der Waals surface area contributed by atoms with Crippen molar-refractivity contribution in [3.8, 4) is 21.0 Å². The van der Waals surface area contributed by atoms with Gasteiger partial charge in [0.15, 0.2) is 0 Å². The van der Waals surface area contributed by atoms with Crippen LogP contribution < -0.4 is 16.0 Å². The second-order valence-corrected chi connectivity index (χ2v) is 16.8. The molecule has 14 heteroatoms. The quantitative estimate of drug-likeness (QED) is 0.101. The number of fused-ring (bicyclic) bond motifs is 3.